The molecular formula is C58H54F3N4OPt-3. The normalized spacial score (nSPS) is 14.4. The summed E-state index contributed by atoms with van der Waals surface area (Å²) < 4.78 is 53.9. The van der Waals surface area contributed by atoms with Crippen LogP contribution in [0.1, 0.15) is 121 Å². The number of rotatable bonds is 9. The van der Waals surface area contributed by atoms with Gasteiger partial charge in [0, 0.05) is 73.5 Å². The Labute approximate surface area is 406 Å². The molecule has 0 bridgehead atoms. The molecule has 0 unspecified atom stereocenters. The predicted molar refractivity (Wildman–Crippen MR) is 262 cm³/mol. The van der Waals surface area contributed by atoms with Gasteiger partial charge in [-0.25, -0.2) is 18.2 Å². The van der Waals surface area contributed by atoms with Crippen LogP contribution in [0.25, 0.3) is 38.8 Å². The second-order valence-electron chi connectivity index (χ2n) is 19.6. The molecular weight excluding hydrogens is 1020 g/mol. The van der Waals surface area contributed by atoms with E-state index in [-0.39, 0.29) is 43.9 Å². The average molecular weight is 1080 g/mol. The van der Waals surface area contributed by atoms with Crippen LogP contribution >= 0.6 is 0 Å². The molecule has 1 saturated carbocycles. The van der Waals surface area contributed by atoms with Crippen LogP contribution in [0.4, 0.5) is 35.9 Å². The number of aromatic nitrogens is 2. The molecule has 0 atom stereocenters. The number of anilines is 4. The quantitative estimate of drug-likeness (QED) is 0.135. The number of para-hydroxylation sites is 3. The molecule has 6 aromatic carbocycles. The number of fused-ring (bicyclic) bond motifs is 4. The largest absolute Gasteiger partial charge is 0.509 e. The molecule has 9 heteroatoms. The van der Waals surface area contributed by atoms with Crippen molar-refractivity contribution >= 4 is 44.6 Å². The number of halogens is 3. The maximum Gasteiger partial charge on any atom is 0.136 e. The third kappa shape index (κ3) is 8.67. The molecule has 2 aliphatic rings. The molecule has 3 heterocycles. The van der Waals surface area contributed by atoms with E-state index >= 15 is 8.78 Å². The van der Waals surface area contributed by atoms with E-state index < -0.39 is 17.5 Å². The van der Waals surface area contributed by atoms with E-state index in [1.54, 1.807) is 0 Å². The molecule has 0 amide bonds. The minimum Gasteiger partial charge on any atom is -0.509 e. The maximum atomic E-state index is 15.4. The minimum atomic E-state index is -0.946. The van der Waals surface area contributed by atoms with Crippen molar-refractivity contribution in [1.82, 2.24) is 9.55 Å². The van der Waals surface area contributed by atoms with Gasteiger partial charge in [-0.1, -0.05) is 104 Å². The Kier molecular flexibility index (Phi) is 12.7. The van der Waals surface area contributed by atoms with E-state index in [0.717, 1.165) is 86.5 Å². The van der Waals surface area contributed by atoms with E-state index in [1.807, 2.05) is 36.5 Å². The first-order valence-corrected chi connectivity index (χ1v) is 23.3. The number of pyridine rings is 1. The maximum absolute atomic E-state index is 15.4. The van der Waals surface area contributed by atoms with Gasteiger partial charge < -0.3 is 19.1 Å². The molecule has 1 aliphatic heterocycles. The van der Waals surface area contributed by atoms with Gasteiger partial charge in [0.1, 0.15) is 23.3 Å². The third-order valence-corrected chi connectivity index (χ3v) is 13.4. The van der Waals surface area contributed by atoms with Crippen molar-refractivity contribution in [2.45, 2.75) is 104 Å². The zero-order chi connectivity index (χ0) is 46.0. The summed E-state index contributed by atoms with van der Waals surface area (Å²) in [6.07, 6.45) is 7.69. The second-order valence-corrected chi connectivity index (χ2v) is 19.6. The van der Waals surface area contributed by atoms with Gasteiger partial charge in [0.2, 0.25) is 0 Å². The van der Waals surface area contributed by atoms with E-state index in [1.165, 1.54) is 30.4 Å². The molecule has 2 aromatic heterocycles. The van der Waals surface area contributed by atoms with Crippen LogP contribution in [0.2, 0.25) is 0 Å². The smallest absolute Gasteiger partial charge is 0.136 e. The van der Waals surface area contributed by atoms with Crippen LogP contribution in [0.5, 0.6) is 11.5 Å². The molecule has 5 nitrogen and oxygen atoms in total. The molecule has 346 valence electrons. The molecule has 8 aromatic rings. The van der Waals surface area contributed by atoms with Crippen molar-refractivity contribution in [3.8, 4) is 28.4 Å². The van der Waals surface area contributed by atoms with Gasteiger partial charge in [-0.05, 0) is 106 Å². The van der Waals surface area contributed by atoms with E-state index in [0.29, 0.717) is 23.0 Å². The van der Waals surface area contributed by atoms with Crippen LogP contribution in [0.15, 0.2) is 115 Å². The van der Waals surface area contributed by atoms with Crippen LogP contribution in [0, 0.1) is 36.3 Å². The molecule has 1 aliphatic carbocycles. The number of ether oxygens (including phenoxy) is 1. The first-order valence-electron chi connectivity index (χ1n) is 23.3. The topological polar surface area (TPSA) is 33.5 Å². The van der Waals surface area contributed by atoms with Crippen molar-refractivity contribution < 1.29 is 39.0 Å². The van der Waals surface area contributed by atoms with Crippen LogP contribution in [-0.4, -0.2) is 9.55 Å². The van der Waals surface area contributed by atoms with Gasteiger partial charge in [-0.2, -0.15) is 6.07 Å². The third-order valence-electron chi connectivity index (χ3n) is 13.4. The minimum absolute atomic E-state index is 0. The van der Waals surface area contributed by atoms with Crippen molar-refractivity contribution in [3.05, 3.63) is 174 Å². The van der Waals surface area contributed by atoms with Gasteiger partial charge in [0.25, 0.3) is 0 Å². The predicted octanol–water partition coefficient (Wildman–Crippen LogP) is 16.7. The fraction of sp³-hybridized carbons (Fsp3) is 0.276. The first-order chi connectivity index (χ1) is 31.7. The molecule has 0 N–H and O–H groups in total. The Balaban J connectivity index is 0.00000562. The van der Waals surface area contributed by atoms with Gasteiger partial charge in [0.05, 0.1) is 5.56 Å². The van der Waals surface area contributed by atoms with Crippen molar-refractivity contribution in [3.63, 3.8) is 0 Å². The fourth-order valence-electron chi connectivity index (χ4n) is 9.99. The zero-order valence-corrected chi connectivity index (χ0v) is 41.2. The van der Waals surface area contributed by atoms with Gasteiger partial charge in [-0.15, -0.1) is 53.6 Å². The summed E-state index contributed by atoms with van der Waals surface area (Å²) in [5, 5.41) is 2.18. The fourth-order valence-corrected chi connectivity index (χ4v) is 9.99. The Hall–Kier alpha value is -5.85. The number of nitrogens with zero attached hydrogens (tertiary/aromatic N) is 4. The molecule has 67 heavy (non-hydrogen) atoms. The average Bonchev–Trinajstić information content (AvgIpc) is 3.84. The molecule has 0 saturated heterocycles. The number of benzene rings is 6. The van der Waals surface area contributed by atoms with E-state index in [9.17, 15) is 4.39 Å². The first kappa shape index (κ1) is 46.3. The zero-order valence-electron chi connectivity index (χ0n) is 39.0. The Morgan fingerprint density at radius 3 is 2.03 bits per heavy atom. The van der Waals surface area contributed by atoms with E-state index in [2.05, 4.69) is 148 Å². The number of hydrogen-bond acceptors (Lipinski definition) is 4. The Morgan fingerprint density at radius 2 is 1.36 bits per heavy atom. The summed E-state index contributed by atoms with van der Waals surface area (Å²) >= 11 is 0. The van der Waals surface area contributed by atoms with Crippen LogP contribution in [0.3, 0.4) is 0 Å². The summed E-state index contributed by atoms with van der Waals surface area (Å²) in [6, 6.07) is 42.0. The molecule has 1 fully saturated rings. The summed E-state index contributed by atoms with van der Waals surface area (Å²) in [7, 11) is 0. The SMILES string of the molecule is CC(C)c1cc(-c2c(F)cc(F)cc2F)cc(C(C)C)c1N1[CH-]N(c2[c-]c(Oc3[c-]c4c(cc3)c3ccccc3n4-c3cc(C(C)(C)C)ccn3)cc(C3CCCCC3)c2)c2ccccc21.[Pt]. The molecule has 0 spiro atoms. The Bertz CT molecular complexity index is 3090. The number of hydrogen-bond donors (Lipinski definition) is 0. The summed E-state index contributed by atoms with van der Waals surface area (Å²) in [6.45, 7) is 17.1. The molecule has 10 rings (SSSR count). The van der Waals surface area contributed by atoms with Crippen molar-refractivity contribution in [2.75, 3.05) is 9.80 Å². The van der Waals surface area contributed by atoms with Gasteiger partial charge in [-0.3, -0.25) is 0 Å². The Morgan fingerprint density at radius 1 is 0.701 bits per heavy atom. The van der Waals surface area contributed by atoms with Gasteiger partial charge in [0.15, 0.2) is 0 Å². The standard InChI is InChI=1S/C58H54F3N4O.Pt/c1-35(2)47-27-39(56-49(60)30-41(59)31-50(56)61)28-48(36(3)4)57(47)64-34-63(52-19-13-14-20-53(52)64)42-25-38(37-15-9-8-10-16-37)26-44(32-42)66-43-21-22-46-45-17-11-12-18-51(45)65(54(46)33-43)55-29-40(23-24-62-55)58(5,6)7;/h11-14,17-31,34-37H,8-10,15-16H2,1-7H3;/q-3;. The monoisotopic (exact) mass is 1070 g/mol. The van der Waals surface area contributed by atoms with Crippen molar-refractivity contribution in [1.29, 1.82) is 0 Å². The van der Waals surface area contributed by atoms with Crippen LogP contribution < -0.4 is 14.5 Å². The van der Waals surface area contributed by atoms with E-state index in [4.69, 9.17) is 9.72 Å². The second kappa shape index (κ2) is 18.3. The summed E-state index contributed by atoms with van der Waals surface area (Å²) in [4.78, 5) is 9.25. The van der Waals surface area contributed by atoms with Crippen molar-refractivity contribution in [2.24, 2.45) is 0 Å². The summed E-state index contributed by atoms with van der Waals surface area (Å²) in [5.41, 5.74) is 9.97. The summed E-state index contributed by atoms with van der Waals surface area (Å²) in [5.74, 6) is -0.472. The van der Waals surface area contributed by atoms with Crippen LogP contribution in [-0.2, 0) is 26.5 Å². The molecule has 0 radical (unpaired) electrons. The van der Waals surface area contributed by atoms with Gasteiger partial charge >= 0.3 is 0 Å².